The first-order chi connectivity index (χ1) is 6.80. The summed E-state index contributed by atoms with van der Waals surface area (Å²) in [5.41, 5.74) is 5.86. The van der Waals surface area contributed by atoms with E-state index in [9.17, 15) is 8.42 Å². The molecule has 0 aliphatic rings. The molecule has 0 amide bonds. The van der Waals surface area contributed by atoms with Gasteiger partial charge in [-0.2, -0.15) is 8.42 Å². The second kappa shape index (κ2) is 4.08. The van der Waals surface area contributed by atoms with Gasteiger partial charge in [0.1, 0.15) is 10.6 Å². The van der Waals surface area contributed by atoms with Gasteiger partial charge >= 0.3 is 0 Å². The van der Waals surface area contributed by atoms with Gasteiger partial charge in [0.2, 0.25) is 0 Å². The SMILES string of the molecule is CC(C)Oc1cc(N)ccc1S(=O)(=O)O. The van der Waals surface area contributed by atoms with Gasteiger partial charge in [-0.3, -0.25) is 4.55 Å². The third kappa shape index (κ3) is 3.10. The van der Waals surface area contributed by atoms with Gasteiger partial charge in [-0.25, -0.2) is 0 Å². The van der Waals surface area contributed by atoms with Crippen LogP contribution in [0.5, 0.6) is 5.75 Å². The van der Waals surface area contributed by atoms with Gasteiger partial charge in [0.15, 0.2) is 0 Å². The van der Waals surface area contributed by atoms with E-state index in [4.69, 9.17) is 15.0 Å². The maximum Gasteiger partial charge on any atom is 0.298 e. The number of benzene rings is 1. The fraction of sp³-hybridized carbons (Fsp3) is 0.333. The van der Waals surface area contributed by atoms with E-state index in [1.54, 1.807) is 13.8 Å². The molecule has 5 nitrogen and oxygen atoms in total. The Bertz CT molecular complexity index is 453. The van der Waals surface area contributed by atoms with Gasteiger partial charge in [-0.1, -0.05) is 0 Å². The summed E-state index contributed by atoms with van der Waals surface area (Å²) in [5, 5.41) is 0. The van der Waals surface area contributed by atoms with E-state index in [-0.39, 0.29) is 16.7 Å². The maximum atomic E-state index is 11.0. The maximum absolute atomic E-state index is 11.0. The molecule has 3 N–H and O–H groups in total. The molecule has 0 spiro atoms. The van der Waals surface area contributed by atoms with Gasteiger partial charge in [0.25, 0.3) is 10.1 Å². The Balaban J connectivity index is 3.27. The number of nitrogen functional groups attached to an aromatic ring is 1. The molecule has 1 rings (SSSR count). The summed E-state index contributed by atoms with van der Waals surface area (Å²) >= 11 is 0. The average Bonchev–Trinajstić information content (AvgIpc) is 1.99. The topological polar surface area (TPSA) is 89.6 Å². The largest absolute Gasteiger partial charge is 0.489 e. The van der Waals surface area contributed by atoms with E-state index >= 15 is 0 Å². The molecule has 0 fully saturated rings. The summed E-state index contributed by atoms with van der Waals surface area (Å²) in [4.78, 5) is -0.273. The molecule has 0 saturated heterocycles. The van der Waals surface area contributed by atoms with Gasteiger partial charge in [0.05, 0.1) is 6.10 Å². The van der Waals surface area contributed by atoms with Crippen LogP contribution in [0, 0.1) is 0 Å². The smallest absolute Gasteiger partial charge is 0.298 e. The third-order valence-corrected chi connectivity index (χ3v) is 2.50. The molecule has 15 heavy (non-hydrogen) atoms. The molecule has 1 aromatic rings. The normalized spacial score (nSPS) is 11.7. The number of hydrogen-bond donors (Lipinski definition) is 2. The highest BCUT2D eigenvalue weighted by Crippen LogP contribution is 2.26. The van der Waals surface area contributed by atoms with Crippen molar-refractivity contribution < 1.29 is 17.7 Å². The van der Waals surface area contributed by atoms with Crippen molar-refractivity contribution in [2.24, 2.45) is 0 Å². The van der Waals surface area contributed by atoms with Crippen LogP contribution in [0.3, 0.4) is 0 Å². The number of anilines is 1. The zero-order valence-corrected chi connectivity index (χ0v) is 9.28. The first-order valence-electron chi connectivity index (χ1n) is 4.34. The highest BCUT2D eigenvalue weighted by atomic mass is 32.2. The molecular formula is C9H13NO4S. The molecule has 0 saturated carbocycles. The van der Waals surface area contributed by atoms with Crippen molar-refractivity contribution in [3.8, 4) is 5.75 Å². The molecule has 0 heterocycles. The summed E-state index contributed by atoms with van der Waals surface area (Å²) < 4.78 is 36.1. The lowest BCUT2D eigenvalue weighted by Gasteiger charge is -2.13. The monoisotopic (exact) mass is 231 g/mol. The summed E-state index contributed by atoms with van der Waals surface area (Å²) in [5.74, 6) is 0.0625. The third-order valence-electron chi connectivity index (χ3n) is 1.61. The van der Waals surface area contributed by atoms with Gasteiger partial charge in [0, 0.05) is 11.8 Å². The van der Waals surface area contributed by atoms with Crippen molar-refractivity contribution in [1.29, 1.82) is 0 Å². The van der Waals surface area contributed by atoms with Crippen molar-refractivity contribution in [3.05, 3.63) is 18.2 Å². The highest BCUT2D eigenvalue weighted by Gasteiger charge is 2.17. The number of hydrogen-bond acceptors (Lipinski definition) is 4. The Hall–Kier alpha value is -1.27. The fourth-order valence-corrected chi connectivity index (χ4v) is 1.69. The molecule has 84 valence electrons. The number of rotatable bonds is 3. The molecule has 0 bridgehead atoms. The van der Waals surface area contributed by atoms with Crippen molar-refractivity contribution in [1.82, 2.24) is 0 Å². The second-order valence-corrected chi connectivity index (χ2v) is 4.74. The standard InChI is InChI=1S/C9H13NO4S/c1-6(2)14-8-5-7(10)3-4-9(8)15(11,12)13/h3-6H,10H2,1-2H3,(H,11,12,13). The van der Waals surface area contributed by atoms with E-state index in [1.165, 1.54) is 18.2 Å². The Morgan fingerprint density at radius 2 is 2.00 bits per heavy atom. The predicted molar refractivity (Wildman–Crippen MR) is 56.4 cm³/mol. The molecule has 1 aromatic carbocycles. The van der Waals surface area contributed by atoms with Crippen molar-refractivity contribution >= 4 is 15.8 Å². The highest BCUT2D eigenvalue weighted by molar-refractivity contribution is 7.86. The average molecular weight is 231 g/mol. The molecule has 0 aliphatic carbocycles. The summed E-state index contributed by atoms with van der Waals surface area (Å²) in [6.45, 7) is 3.49. The van der Waals surface area contributed by atoms with Crippen LogP contribution in [0.4, 0.5) is 5.69 Å². The molecule has 0 atom stereocenters. The zero-order chi connectivity index (χ0) is 11.6. The Labute approximate surface area is 88.6 Å². The molecule has 0 unspecified atom stereocenters. The molecular weight excluding hydrogens is 218 g/mol. The van der Waals surface area contributed by atoms with Crippen LogP contribution in [0.2, 0.25) is 0 Å². The summed E-state index contributed by atoms with van der Waals surface area (Å²) in [7, 11) is -4.28. The van der Waals surface area contributed by atoms with E-state index < -0.39 is 10.1 Å². The van der Waals surface area contributed by atoms with E-state index in [2.05, 4.69) is 0 Å². The number of ether oxygens (including phenoxy) is 1. The lowest BCUT2D eigenvalue weighted by atomic mass is 10.3. The van der Waals surface area contributed by atoms with Crippen molar-refractivity contribution in [2.45, 2.75) is 24.8 Å². The lowest BCUT2D eigenvalue weighted by molar-refractivity contribution is 0.235. The van der Waals surface area contributed by atoms with Crippen LogP contribution in [0.15, 0.2) is 23.1 Å². The van der Waals surface area contributed by atoms with Crippen molar-refractivity contribution in [2.75, 3.05) is 5.73 Å². The number of nitrogens with two attached hydrogens (primary N) is 1. The van der Waals surface area contributed by atoms with E-state index in [0.717, 1.165) is 0 Å². The fourth-order valence-electron chi connectivity index (χ4n) is 1.08. The quantitative estimate of drug-likeness (QED) is 0.604. The van der Waals surface area contributed by atoms with Crippen LogP contribution in [-0.2, 0) is 10.1 Å². The van der Waals surface area contributed by atoms with Crippen LogP contribution < -0.4 is 10.5 Å². The summed E-state index contributed by atoms with van der Waals surface area (Å²) in [6, 6.07) is 3.96. The summed E-state index contributed by atoms with van der Waals surface area (Å²) in [6.07, 6.45) is -0.202. The van der Waals surface area contributed by atoms with Gasteiger partial charge in [-0.05, 0) is 26.0 Å². The minimum Gasteiger partial charge on any atom is -0.489 e. The predicted octanol–water partition coefficient (Wildman–Crippen LogP) is 1.30. The lowest BCUT2D eigenvalue weighted by Crippen LogP contribution is -2.10. The van der Waals surface area contributed by atoms with Crippen LogP contribution in [0.1, 0.15) is 13.8 Å². The second-order valence-electron chi connectivity index (χ2n) is 3.35. The Morgan fingerprint density at radius 3 is 2.47 bits per heavy atom. The van der Waals surface area contributed by atoms with Gasteiger partial charge < -0.3 is 10.5 Å². The molecule has 0 aromatic heterocycles. The Kier molecular flexibility index (Phi) is 3.21. The Morgan fingerprint density at radius 1 is 1.40 bits per heavy atom. The minimum atomic E-state index is -4.28. The molecule has 6 heteroatoms. The first kappa shape index (κ1) is 11.8. The zero-order valence-electron chi connectivity index (χ0n) is 8.47. The molecule has 0 radical (unpaired) electrons. The van der Waals surface area contributed by atoms with E-state index in [1.807, 2.05) is 0 Å². The van der Waals surface area contributed by atoms with Crippen LogP contribution in [-0.4, -0.2) is 19.1 Å². The first-order valence-corrected chi connectivity index (χ1v) is 5.78. The molecule has 0 aliphatic heterocycles. The van der Waals surface area contributed by atoms with Crippen molar-refractivity contribution in [3.63, 3.8) is 0 Å². The van der Waals surface area contributed by atoms with Crippen LogP contribution in [0.25, 0.3) is 0 Å². The van der Waals surface area contributed by atoms with E-state index in [0.29, 0.717) is 5.69 Å². The van der Waals surface area contributed by atoms with Gasteiger partial charge in [-0.15, -0.1) is 0 Å². The minimum absolute atomic E-state index is 0.0625. The van der Waals surface area contributed by atoms with Crippen LogP contribution >= 0.6 is 0 Å².